The SMILES string of the molecule is C1CCC2CNCC2C1. The quantitative estimate of drug-likeness (QED) is 0.516. The zero-order valence-electron chi connectivity index (χ0n) is 5.90. The summed E-state index contributed by atoms with van der Waals surface area (Å²) in [5.74, 6) is 2.11. The number of nitrogens with one attached hydrogen (secondary N) is 1. The summed E-state index contributed by atoms with van der Waals surface area (Å²) in [4.78, 5) is 0. The molecule has 1 N–H and O–H groups in total. The summed E-state index contributed by atoms with van der Waals surface area (Å²) >= 11 is 0. The Bertz CT molecular complexity index is 88.7. The fourth-order valence-corrected chi connectivity index (χ4v) is 2.28. The molecule has 52 valence electrons. The molecule has 0 aromatic heterocycles. The molecule has 1 aliphatic heterocycles. The first-order chi connectivity index (χ1) is 4.47. The maximum Gasteiger partial charge on any atom is -0.00173 e. The Morgan fingerprint density at radius 2 is 1.44 bits per heavy atom. The molecular formula is C8H15N. The van der Waals surface area contributed by atoms with Gasteiger partial charge in [0.2, 0.25) is 0 Å². The number of hydrogen-bond donors (Lipinski definition) is 1. The van der Waals surface area contributed by atoms with Crippen LogP contribution in [0.25, 0.3) is 0 Å². The monoisotopic (exact) mass is 125 g/mol. The highest BCUT2D eigenvalue weighted by molar-refractivity contribution is 4.83. The Hall–Kier alpha value is -0.0400. The minimum Gasteiger partial charge on any atom is -0.316 e. The highest BCUT2D eigenvalue weighted by Crippen LogP contribution is 2.31. The lowest BCUT2D eigenvalue weighted by Gasteiger charge is -2.23. The largest absolute Gasteiger partial charge is 0.316 e. The Morgan fingerprint density at radius 3 is 2.00 bits per heavy atom. The lowest BCUT2D eigenvalue weighted by atomic mass is 9.82. The molecule has 1 heteroatoms. The molecule has 0 spiro atoms. The van der Waals surface area contributed by atoms with Crippen molar-refractivity contribution >= 4 is 0 Å². The first kappa shape index (κ1) is 5.72. The molecule has 2 aliphatic rings. The van der Waals surface area contributed by atoms with Crippen LogP contribution in [-0.4, -0.2) is 13.1 Å². The van der Waals surface area contributed by atoms with E-state index in [4.69, 9.17) is 0 Å². The predicted octanol–water partition coefficient (Wildman–Crippen LogP) is 1.40. The van der Waals surface area contributed by atoms with Crippen molar-refractivity contribution in [3.8, 4) is 0 Å². The van der Waals surface area contributed by atoms with E-state index in [0.717, 1.165) is 11.8 Å². The van der Waals surface area contributed by atoms with Gasteiger partial charge in [-0.15, -0.1) is 0 Å². The second kappa shape index (κ2) is 2.30. The first-order valence-electron chi connectivity index (χ1n) is 4.17. The number of rotatable bonds is 0. The summed E-state index contributed by atoms with van der Waals surface area (Å²) in [5.41, 5.74) is 0. The second-order valence-corrected chi connectivity index (χ2v) is 3.46. The molecule has 0 radical (unpaired) electrons. The molecule has 0 aromatic carbocycles. The summed E-state index contributed by atoms with van der Waals surface area (Å²) in [6, 6.07) is 0. The Kier molecular flexibility index (Phi) is 1.46. The zero-order valence-corrected chi connectivity index (χ0v) is 5.90. The van der Waals surface area contributed by atoms with Crippen molar-refractivity contribution in [1.29, 1.82) is 0 Å². The summed E-state index contributed by atoms with van der Waals surface area (Å²) in [7, 11) is 0. The van der Waals surface area contributed by atoms with Gasteiger partial charge in [0.25, 0.3) is 0 Å². The molecule has 1 heterocycles. The number of hydrogen-bond acceptors (Lipinski definition) is 1. The third-order valence-corrected chi connectivity index (χ3v) is 2.88. The average molecular weight is 125 g/mol. The van der Waals surface area contributed by atoms with Crippen LogP contribution in [0.1, 0.15) is 25.7 Å². The van der Waals surface area contributed by atoms with Crippen molar-refractivity contribution in [2.75, 3.05) is 13.1 Å². The molecule has 0 aromatic rings. The average Bonchev–Trinajstić information content (AvgIpc) is 2.33. The van der Waals surface area contributed by atoms with Gasteiger partial charge in [-0.3, -0.25) is 0 Å². The van der Waals surface area contributed by atoms with Crippen LogP contribution in [0, 0.1) is 11.8 Å². The topological polar surface area (TPSA) is 12.0 Å². The number of fused-ring (bicyclic) bond motifs is 1. The van der Waals surface area contributed by atoms with Gasteiger partial charge in [0, 0.05) is 0 Å². The van der Waals surface area contributed by atoms with E-state index in [1.807, 2.05) is 0 Å². The van der Waals surface area contributed by atoms with E-state index < -0.39 is 0 Å². The molecule has 2 rings (SSSR count). The second-order valence-electron chi connectivity index (χ2n) is 3.46. The fraction of sp³-hybridized carbons (Fsp3) is 1.00. The standard InChI is InChI=1S/C8H15N/c1-2-4-8-6-9-5-7(8)3-1/h7-9H,1-6H2. The summed E-state index contributed by atoms with van der Waals surface area (Å²) in [6.45, 7) is 2.62. The van der Waals surface area contributed by atoms with Gasteiger partial charge in [0.1, 0.15) is 0 Å². The van der Waals surface area contributed by atoms with E-state index in [2.05, 4.69) is 5.32 Å². The third kappa shape index (κ3) is 0.983. The van der Waals surface area contributed by atoms with E-state index in [0.29, 0.717) is 0 Å². The molecule has 1 aliphatic carbocycles. The fourth-order valence-electron chi connectivity index (χ4n) is 2.28. The van der Waals surface area contributed by atoms with Gasteiger partial charge < -0.3 is 5.32 Å². The molecule has 9 heavy (non-hydrogen) atoms. The molecule has 1 saturated carbocycles. The molecule has 0 bridgehead atoms. The van der Waals surface area contributed by atoms with Crippen LogP contribution in [0.4, 0.5) is 0 Å². The first-order valence-corrected chi connectivity index (χ1v) is 4.17. The summed E-state index contributed by atoms with van der Waals surface area (Å²) in [5, 5.41) is 3.46. The van der Waals surface area contributed by atoms with Gasteiger partial charge in [-0.2, -0.15) is 0 Å². The maximum absolute atomic E-state index is 3.46. The van der Waals surface area contributed by atoms with Crippen LogP contribution in [0.15, 0.2) is 0 Å². The highest BCUT2D eigenvalue weighted by Gasteiger charge is 2.28. The zero-order chi connectivity index (χ0) is 6.10. The van der Waals surface area contributed by atoms with Crippen molar-refractivity contribution < 1.29 is 0 Å². The van der Waals surface area contributed by atoms with Crippen LogP contribution in [-0.2, 0) is 0 Å². The van der Waals surface area contributed by atoms with Gasteiger partial charge in [-0.1, -0.05) is 12.8 Å². The van der Waals surface area contributed by atoms with Gasteiger partial charge in [-0.05, 0) is 37.8 Å². The van der Waals surface area contributed by atoms with Crippen LogP contribution < -0.4 is 5.32 Å². The minimum atomic E-state index is 1.05. The van der Waals surface area contributed by atoms with E-state index in [1.165, 1.54) is 38.8 Å². The van der Waals surface area contributed by atoms with E-state index in [-0.39, 0.29) is 0 Å². The lowest BCUT2D eigenvalue weighted by Crippen LogP contribution is -2.16. The van der Waals surface area contributed by atoms with Crippen molar-refractivity contribution in [3.05, 3.63) is 0 Å². The summed E-state index contributed by atoms with van der Waals surface area (Å²) < 4.78 is 0. The molecular weight excluding hydrogens is 110 g/mol. The molecule has 1 saturated heterocycles. The van der Waals surface area contributed by atoms with E-state index in [9.17, 15) is 0 Å². The van der Waals surface area contributed by atoms with Crippen LogP contribution >= 0.6 is 0 Å². The molecule has 2 atom stereocenters. The molecule has 1 nitrogen and oxygen atoms in total. The van der Waals surface area contributed by atoms with Crippen molar-refractivity contribution in [1.82, 2.24) is 5.32 Å². The maximum atomic E-state index is 3.46. The molecule has 2 unspecified atom stereocenters. The smallest absolute Gasteiger partial charge is 0.00173 e. The van der Waals surface area contributed by atoms with Crippen molar-refractivity contribution in [3.63, 3.8) is 0 Å². The van der Waals surface area contributed by atoms with Gasteiger partial charge in [-0.25, -0.2) is 0 Å². The lowest BCUT2D eigenvalue weighted by molar-refractivity contribution is 0.299. The van der Waals surface area contributed by atoms with Crippen LogP contribution in [0.2, 0.25) is 0 Å². The van der Waals surface area contributed by atoms with Crippen LogP contribution in [0.5, 0.6) is 0 Å². The Labute approximate surface area is 56.8 Å². The normalized spacial score (nSPS) is 42.7. The van der Waals surface area contributed by atoms with E-state index in [1.54, 1.807) is 0 Å². The Balaban J connectivity index is 1.97. The predicted molar refractivity (Wildman–Crippen MR) is 38.3 cm³/mol. The van der Waals surface area contributed by atoms with Gasteiger partial charge in [0.15, 0.2) is 0 Å². The van der Waals surface area contributed by atoms with Crippen molar-refractivity contribution in [2.24, 2.45) is 11.8 Å². The molecule has 2 fully saturated rings. The van der Waals surface area contributed by atoms with Gasteiger partial charge in [0.05, 0.1) is 0 Å². The summed E-state index contributed by atoms with van der Waals surface area (Å²) in [6.07, 6.45) is 5.97. The highest BCUT2D eigenvalue weighted by atomic mass is 14.9. The third-order valence-electron chi connectivity index (χ3n) is 2.88. The molecule has 0 amide bonds. The van der Waals surface area contributed by atoms with E-state index >= 15 is 0 Å². The van der Waals surface area contributed by atoms with Gasteiger partial charge >= 0.3 is 0 Å². The van der Waals surface area contributed by atoms with Crippen molar-refractivity contribution in [2.45, 2.75) is 25.7 Å². The Morgan fingerprint density at radius 1 is 0.889 bits per heavy atom. The van der Waals surface area contributed by atoms with Crippen LogP contribution in [0.3, 0.4) is 0 Å². The minimum absolute atomic E-state index is 1.05.